The predicted octanol–water partition coefficient (Wildman–Crippen LogP) is 6.19. The number of ether oxygens (including phenoxy) is 1. The summed E-state index contributed by atoms with van der Waals surface area (Å²) in [6.07, 6.45) is 1.78. The molecule has 0 aliphatic rings. The van der Waals surface area contributed by atoms with Crippen molar-refractivity contribution in [1.29, 1.82) is 5.26 Å². The largest absolute Gasteiger partial charge is 0.497 e. The van der Waals surface area contributed by atoms with Crippen molar-refractivity contribution in [3.05, 3.63) is 95.8 Å². The van der Waals surface area contributed by atoms with E-state index in [2.05, 4.69) is 78.7 Å². The third-order valence-corrected chi connectivity index (χ3v) is 5.67. The van der Waals surface area contributed by atoms with Crippen LogP contribution in [0.2, 0.25) is 0 Å². The van der Waals surface area contributed by atoms with Crippen molar-refractivity contribution >= 4 is 10.8 Å². The van der Waals surface area contributed by atoms with Gasteiger partial charge in [0.15, 0.2) is 0 Å². The molecule has 1 unspecified atom stereocenters. The molecule has 0 saturated carbocycles. The molecule has 4 nitrogen and oxygen atoms in total. The summed E-state index contributed by atoms with van der Waals surface area (Å²) in [5, 5.41) is 15.1. The Morgan fingerprint density at radius 1 is 0.903 bits per heavy atom. The first-order valence-electron chi connectivity index (χ1n) is 10.4. The first-order chi connectivity index (χ1) is 15.1. The number of methoxy groups -OCH3 is 1. The smallest absolute Gasteiger partial charge is 0.140 e. The van der Waals surface area contributed by atoms with Gasteiger partial charge in [0.25, 0.3) is 0 Å². The van der Waals surface area contributed by atoms with Crippen LogP contribution in [0.4, 0.5) is 0 Å². The van der Waals surface area contributed by atoms with Crippen molar-refractivity contribution in [2.24, 2.45) is 0 Å². The number of fused-ring (bicyclic) bond motifs is 1. The number of nitrogens with zero attached hydrogens (tertiary/aromatic N) is 2. The van der Waals surface area contributed by atoms with Crippen molar-refractivity contribution in [3.8, 4) is 22.9 Å². The number of benzene rings is 3. The van der Waals surface area contributed by atoms with Crippen LogP contribution < -0.4 is 10.1 Å². The molecule has 2 atom stereocenters. The molecular weight excluding hydrogens is 382 g/mol. The van der Waals surface area contributed by atoms with Gasteiger partial charge in [-0.25, -0.2) is 4.98 Å². The standard InChI is InChI=1S/C27H25N3O/c1-18(20-8-6-9-25(14-20)31-3)30-19(2)23-13-21-7-4-5-10-26(21)27(15-23)22-11-12-24(16-28)29-17-22/h4-15,17-19,30H,1-3H3/t18-,19?/m1/s1. The van der Waals surface area contributed by atoms with Crippen LogP contribution >= 0.6 is 0 Å². The van der Waals surface area contributed by atoms with E-state index >= 15 is 0 Å². The van der Waals surface area contributed by atoms with Crippen LogP contribution in [0.5, 0.6) is 5.75 Å². The molecule has 1 aromatic heterocycles. The van der Waals surface area contributed by atoms with E-state index in [1.165, 1.54) is 21.9 Å². The molecular formula is C27H25N3O. The third-order valence-electron chi connectivity index (χ3n) is 5.67. The topological polar surface area (TPSA) is 57.9 Å². The fraction of sp³-hybridized carbons (Fsp3) is 0.185. The molecule has 0 fully saturated rings. The second kappa shape index (κ2) is 8.99. The number of pyridine rings is 1. The molecule has 0 aliphatic carbocycles. The highest BCUT2D eigenvalue weighted by Crippen LogP contribution is 2.33. The summed E-state index contributed by atoms with van der Waals surface area (Å²) in [5.74, 6) is 0.861. The van der Waals surface area contributed by atoms with Gasteiger partial charge in [-0.15, -0.1) is 0 Å². The zero-order valence-corrected chi connectivity index (χ0v) is 18.0. The van der Waals surface area contributed by atoms with Gasteiger partial charge in [0.2, 0.25) is 0 Å². The molecule has 0 aliphatic heterocycles. The number of aromatic nitrogens is 1. The molecule has 4 aromatic rings. The van der Waals surface area contributed by atoms with Crippen molar-refractivity contribution in [3.63, 3.8) is 0 Å². The summed E-state index contributed by atoms with van der Waals surface area (Å²) in [7, 11) is 1.69. The Hall–Kier alpha value is -3.68. The number of hydrogen-bond donors (Lipinski definition) is 1. The van der Waals surface area contributed by atoms with Crippen molar-refractivity contribution in [2.45, 2.75) is 25.9 Å². The molecule has 0 amide bonds. The molecule has 154 valence electrons. The minimum atomic E-state index is 0.135. The van der Waals surface area contributed by atoms with Crippen molar-refractivity contribution in [2.75, 3.05) is 7.11 Å². The first-order valence-corrected chi connectivity index (χ1v) is 10.4. The fourth-order valence-corrected chi connectivity index (χ4v) is 3.92. The zero-order valence-electron chi connectivity index (χ0n) is 18.0. The minimum absolute atomic E-state index is 0.135. The highest BCUT2D eigenvalue weighted by molar-refractivity contribution is 5.97. The van der Waals surface area contributed by atoms with Gasteiger partial charge >= 0.3 is 0 Å². The molecule has 1 N–H and O–H groups in total. The highest BCUT2D eigenvalue weighted by Gasteiger charge is 2.15. The molecule has 31 heavy (non-hydrogen) atoms. The molecule has 1 heterocycles. The van der Waals surface area contributed by atoms with Gasteiger partial charge < -0.3 is 10.1 Å². The zero-order chi connectivity index (χ0) is 21.8. The van der Waals surface area contributed by atoms with E-state index in [0.29, 0.717) is 5.69 Å². The Balaban J connectivity index is 1.69. The maximum Gasteiger partial charge on any atom is 0.140 e. The Kier molecular flexibility index (Phi) is 5.97. The van der Waals surface area contributed by atoms with Gasteiger partial charge in [0.1, 0.15) is 17.5 Å². The molecule has 0 radical (unpaired) electrons. The van der Waals surface area contributed by atoms with E-state index in [4.69, 9.17) is 10.00 Å². The van der Waals surface area contributed by atoms with E-state index in [9.17, 15) is 0 Å². The number of rotatable bonds is 6. The SMILES string of the molecule is COc1cccc([C@@H](C)NC(C)c2cc(-c3ccc(C#N)nc3)c3ccccc3c2)c1. The Bertz CT molecular complexity index is 1240. The summed E-state index contributed by atoms with van der Waals surface area (Å²) < 4.78 is 5.37. The van der Waals surface area contributed by atoms with Gasteiger partial charge in [-0.2, -0.15) is 5.26 Å². The van der Waals surface area contributed by atoms with Crippen LogP contribution in [0.15, 0.2) is 79.0 Å². The lowest BCUT2D eigenvalue weighted by Gasteiger charge is -2.22. The lowest BCUT2D eigenvalue weighted by atomic mass is 9.93. The second-order valence-electron chi connectivity index (χ2n) is 7.72. The quantitative estimate of drug-likeness (QED) is 0.414. The van der Waals surface area contributed by atoms with E-state index in [1.807, 2.05) is 18.2 Å². The average Bonchev–Trinajstić information content (AvgIpc) is 2.83. The van der Waals surface area contributed by atoms with Crippen LogP contribution in [-0.2, 0) is 0 Å². The van der Waals surface area contributed by atoms with Gasteiger partial charge in [-0.05, 0) is 77.7 Å². The lowest BCUT2D eigenvalue weighted by molar-refractivity contribution is 0.412. The number of nitrogens with one attached hydrogen (secondary N) is 1. The third kappa shape index (κ3) is 4.42. The normalized spacial score (nSPS) is 12.8. The average molecular weight is 408 g/mol. The summed E-state index contributed by atoms with van der Waals surface area (Å²) >= 11 is 0. The maximum absolute atomic E-state index is 9.07. The molecule has 0 saturated heterocycles. The first kappa shape index (κ1) is 20.6. The van der Waals surface area contributed by atoms with Crippen LogP contribution in [0, 0.1) is 11.3 Å². The van der Waals surface area contributed by atoms with Gasteiger partial charge in [-0.3, -0.25) is 0 Å². The molecule has 0 bridgehead atoms. The van der Waals surface area contributed by atoms with E-state index in [1.54, 1.807) is 19.4 Å². The Morgan fingerprint density at radius 2 is 1.71 bits per heavy atom. The molecule has 0 spiro atoms. The lowest BCUT2D eigenvalue weighted by Crippen LogP contribution is -2.22. The summed E-state index contributed by atoms with van der Waals surface area (Å²) in [4.78, 5) is 4.27. The summed E-state index contributed by atoms with van der Waals surface area (Å²) in [6.45, 7) is 4.35. The highest BCUT2D eigenvalue weighted by atomic mass is 16.5. The Labute approximate surface area is 183 Å². The summed E-state index contributed by atoms with van der Waals surface area (Å²) in [5.41, 5.74) is 4.93. The summed E-state index contributed by atoms with van der Waals surface area (Å²) in [6, 6.07) is 27.1. The van der Waals surface area contributed by atoms with Crippen LogP contribution in [0.1, 0.15) is 42.8 Å². The van der Waals surface area contributed by atoms with Crippen molar-refractivity contribution < 1.29 is 4.74 Å². The molecule has 4 rings (SSSR count). The molecule has 3 aromatic carbocycles. The van der Waals surface area contributed by atoms with Gasteiger partial charge in [0, 0.05) is 23.8 Å². The fourth-order valence-electron chi connectivity index (χ4n) is 3.92. The predicted molar refractivity (Wildman–Crippen MR) is 125 cm³/mol. The van der Waals surface area contributed by atoms with Crippen LogP contribution in [0.25, 0.3) is 21.9 Å². The van der Waals surface area contributed by atoms with Crippen LogP contribution in [-0.4, -0.2) is 12.1 Å². The van der Waals surface area contributed by atoms with Gasteiger partial charge in [-0.1, -0.05) is 36.4 Å². The van der Waals surface area contributed by atoms with Crippen molar-refractivity contribution in [1.82, 2.24) is 10.3 Å². The monoisotopic (exact) mass is 407 g/mol. The van der Waals surface area contributed by atoms with Crippen LogP contribution in [0.3, 0.4) is 0 Å². The Morgan fingerprint density at radius 3 is 2.45 bits per heavy atom. The van der Waals surface area contributed by atoms with E-state index < -0.39 is 0 Å². The van der Waals surface area contributed by atoms with E-state index in [-0.39, 0.29) is 12.1 Å². The second-order valence-corrected chi connectivity index (χ2v) is 7.72. The minimum Gasteiger partial charge on any atom is -0.497 e. The number of hydrogen-bond acceptors (Lipinski definition) is 4. The van der Waals surface area contributed by atoms with Gasteiger partial charge in [0.05, 0.1) is 7.11 Å². The molecule has 4 heteroatoms. The van der Waals surface area contributed by atoms with E-state index in [0.717, 1.165) is 16.9 Å². The maximum atomic E-state index is 9.07. The number of nitriles is 1.